The fourth-order valence-electron chi connectivity index (χ4n) is 3.85. The molecule has 6 rings (SSSR count). The number of hydrogen-bond acceptors (Lipinski definition) is 6. The van der Waals surface area contributed by atoms with Gasteiger partial charge in [0.15, 0.2) is 0 Å². The zero-order chi connectivity index (χ0) is 22.6. The lowest BCUT2D eigenvalue weighted by atomic mass is 10.1. The van der Waals surface area contributed by atoms with E-state index < -0.39 is 0 Å². The van der Waals surface area contributed by atoms with Crippen molar-refractivity contribution in [2.75, 3.05) is 31.6 Å². The molecule has 0 radical (unpaired) electrons. The summed E-state index contributed by atoms with van der Waals surface area (Å²) in [5.41, 5.74) is 3.68. The highest BCUT2D eigenvalue weighted by Crippen LogP contribution is 2.25. The number of rotatable bonds is 1. The van der Waals surface area contributed by atoms with Crippen LogP contribution in [0.2, 0.25) is 0 Å². The second-order valence-electron chi connectivity index (χ2n) is 7.80. The summed E-state index contributed by atoms with van der Waals surface area (Å²) >= 11 is 0. The average Bonchev–Trinajstić information content (AvgIpc) is 3.45. The number of benzene rings is 1. The Morgan fingerprint density at radius 3 is 2.85 bits per heavy atom. The van der Waals surface area contributed by atoms with E-state index in [4.69, 9.17) is 4.74 Å². The molecule has 170 valence electrons. The van der Waals surface area contributed by atoms with Crippen molar-refractivity contribution in [1.29, 1.82) is 0 Å². The van der Waals surface area contributed by atoms with Gasteiger partial charge >= 0.3 is 6.03 Å². The van der Waals surface area contributed by atoms with E-state index in [2.05, 4.69) is 25.8 Å². The third-order valence-corrected chi connectivity index (χ3v) is 5.50. The van der Waals surface area contributed by atoms with Gasteiger partial charge in [0.1, 0.15) is 12.4 Å². The van der Waals surface area contributed by atoms with Gasteiger partial charge in [0, 0.05) is 31.4 Å². The van der Waals surface area contributed by atoms with Crippen molar-refractivity contribution in [3.8, 4) is 17.0 Å². The molecule has 0 unspecified atom stereocenters. The minimum atomic E-state index is -0.0844. The predicted molar refractivity (Wildman–Crippen MR) is 125 cm³/mol. The molecule has 4 aromatic rings. The number of nitrogens with one attached hydrogen (secondary N) is 2. The van der Waals surface area contributed by atoms with Gasteiger partial charge in [0.25, 0.3) is 0 Å². The molecule has 10 heteroatoms. The monoisotopic (exact) mass is 446 g/mol. The number of aromatic nitrogens is 5. The maximum absolute atomic E-state index is 12.5. The first-order valence-electron chi connectivity index (χ1n) is 11.1. The van der Waals surface area contributed by atoms with E-state index in [1.54, 1.807) is 17.3 Å². The summed E-state index contributed by atoms with van der Waals surface area (Å²) in [4.78, 5) is 18.7. The molecule has 1 aromatic carbocycles. The van der Waals surface area contributed by atoms with Crippen LogP contribution in [-0.2, 0) is 6.54 Å². The molecule has 6 bridgehead atoms. The second-order valence-corrected chi connectivity index (χ2v) is 7.80. The lowest BCUT2D eigenvalue weighted by Gasteiger charge is -2.23. The number of hydrogen-bond donors (Lipinski definition) is 2. The van der Waals surface area contributed by atoms with Gasteiger partial charge in [-0.1, -0.05) is 0 Å². The summed E-state index contributed by atoms with van der Waals surface area (Å²) in [7, 11) is 0. The maximum Gasteiger partial charge on any atom is 0.317 e. The van der Waals surface area contributed by atoms with Gasteiger partial charge in [0.05, 0.1) is 35.8 Å². The average molecular weight is 447 g/mol. The fraction of sp³-hybridized carbons (Fsp3) is 0.304. The zero-order valence-electron chi connectivity index (χ0n) is 18.4. The van der Waals surface area contributed by atoms with Gasteiger partial charge in [-0.15, -0.1) is 5.10 Å². The molecule has 0 atom stereocenters. The van der Waals surface area contributed by atoms with Gasteiger partial charge < -0.3 is 20.3 Å². The number of urea groups is 1. The second kappa shape index (κ2) is 9.19. The third kappa shape index (κ3) is 4.59. The van der Waals surface area contributed by atoms with Gasteiger partial charge in [-0.3, -0.25) is 4.68 Å². The van der Waals surface area contributed by atoms with Crippen molar-refractivity contribution in [1.82, 2.24) is 34.6 Å². The van der Waals surface area contributed by atoms with Crippen molar-refractivity contribution >= 4 is 23.2 Å². The van der Waals surface area contributed by atoms with Crippen LogP contribution in [-0.4, -0.2) is 61.6 Å². The molecule has 2 N–H and O–H groups in total. The van der Waals surface area contributed by atoms with E-state index in [0.717, 1.165) is 34.6 Å². The van der Waals surface area contributed by atoms with Gasteiger partial charge in [-0.2, -0.15) is 5.10 Å². The van der Waals surface area contributed by atoms with Crippen molar-refractivity contribution in [3.05, 3.63) is 55.0 Å². The first kappa shape index (κ1) is 20.8. The Hall–Kier alpha value is -4.08. The van der Waals surface area contributed by atoms with Crippen molar-refractivity contribution < 1.29 is 9.53 Å². The van der Waals surface area contributed by atoms with Crippen molar-refractivity contribution in [3.63, 3.8) is 0 Å². The van der Waals surface area contributed by atoms with Crippen LogP contribution < -0.4 is 15.4 Å². The lowest BCUT2D eigenvalue weighted by molar-refractivity contribution is 0.181. The fourth-order valence-corrected chi connectivity index (χ4v) is 3.85. The molecule has 0 spiro atoms. The summed E-state index contributed by atoms with van der Waals surface area (Å²) in [5.74, 6) is 1.24. The highest BCUT2D eigenvalue weighted by atomic mass is 16.5. The SMILES string of the molecule is CCNC(=O)N1CCCn2cc(cn2)Nc2ncc3ccc(n3n2)-c2ccc(cc2)OCC1. The van der Waals surface area contributed by atoms with Gasteiger partial charge in [0.2, 0.25) is 5.95 Å². The van der Waals surface area contributed by atoms with E-state index in [9.17, 15) is 4.79 Å². The summed E-state index contributed by atoms with van der Waals surface area (Å²) in [6.07, 6.45) is 6.22. The molecule has 10 nitrogen and oxygen atoms in total. The highest BCUT2D eigenvalue weighted by Gasteiger charge is 2.14. The first-order chi connectivity index (χ1) is 16.2. The Morgan fingerprint density at radius 2 is 2.00 bits per heavy atom. The molecule has 5 heterocycles. The summed E-state index contributed by atoms with van der Waals surface area (Å²) in [5, 5.41) is 15.2. The van der Waals surface area contributed by atoms with E-state index >= 15 is 0 Å². The molecule has 0 aliphatic carbocycles. The van der Waals surface area contributed by atoms with E-state index in [1.807, 2.05) is 58.7 Å². The van der Waals surface area contributed by atoms with Crippen molar-refractivity contribution in [2.24, 2.45) is 0 Å². The zero-order valence-corrected chi connectivity index (χ0v) is 18.4. The Balaban J connectivity index is 1.46. The Kier molecular flexibility index (Phi) is 5.79. The normalized spacial score (nSPS) is 14.3. The molecule has 2 amide bonds. The molecule has 0 saturated carbocycles. The Morgan fingerprint density at radius 1 is 1.12 bits per heavy atom. The summed E-state index contributed by atoms with van der Waals surface area (Å²) in [6.45, 7) is 4.70. The number of anilines is 2. The van der Waals surface area contributed by atoms with Crippen LogP contribution in [0.5, 0.6) is 5.75 Å². The summed E-state index contributed by atoms with van der Waals surface area (Å²) in [6, 6.07) is 11.8. The molecule has 0 fully saturated rings. The largest absolute Gasteiger partial charge is 0.492 e. The van der Waals surface area contributed by atoms with Crippen LogP contribution in [0.25, 0.3) is 16.8 Å². The first-order valence-corrected chi connectivity index (χ1v) is 11.1. The number of fused-ring (bicyclic) bond motifs is 8. The lowest BCUT2D eigenvalue weighted by Crippen LogP contribution is -2.42. The summed E-state index contributed by atoms with van der Waals surface area (Å²) < 4.78 is 9.64. The molecule has 2 aliphatic heterocycles. The number of nitrogens with zero attached hydrogens (tertiary/aromatic N) is 6. The molecule has 0 saturated heterocycles. The Bertz CT molecular complexity index is 1250. The van der Waals surface area contributed by atoms with Crippen LogP contribution in [0.15, 0.2) is 55.0 Å². The van der Waals surface area contributed by atoms with E-state index in [1.165, 1.54) is 0 Å². The van der Waals surface area contributed by atoms with Gasteiger partial charge in [-0.05, 0) is 49.7 Å². The van der Waals surface area contributed by atoms with Crippen LogP contribution in [0.4, 0.5) is 16.4 Å². The van der Waals surface area contributed by atoms with E-state index in [0.29, 0.717) is 38.7 Å². The molecular weight excluding hydrogens is 420 g/mol. The maximum atomic E-state index is 12.5. The quantitative estimate of drug-likeness (QED) is 0.466. The topological polar surface area (TPSA) is 102 Å². The molecule has 3 aromatic heterocycles. The highest BCUT2D eigenvalue weighted by molar-refractivity contribution is 5.74. The molecule has 33 heavy (non-hydrogen) atoms. The van der Waals surface area contributed by atoms with Crippen LogP contribution in [0.3, 0.4) is 0 Å². The molecular formula is C23H26N8O2. The minimum Gasteiger partial charge on any atom is -0.492 e. The van der Waals surface area contributed by atoms with Crippen LogP contribution in [0, 0.1) is 0 Å². The number of aryl methyl sites for hydroxylation is 1. The predicted octanol–water partition coefficient (Wildman–Crippen LogP) is 3.15. The minimum absolute atomic E-state index is 0.0844. The van der Waals surface area contributed by atoms with E-state index in [-0.39, 0.29) is 6.03 Å². The molecule has 2 aliphatic rings. The number of amides is 2. The number of carbonyl (C=O) groups excluding carboxylic acids is 1. The number of carbonyl (C=O) groups is 1. The van der Waals surface area contributed by atoms with Crippen LogP contribution in [0.1, 0.15) is 13.3 Å². The Labute approximate surface area is 191 Å². The van der Waals surface area contributed by atoms with Gasteiger partial charge in [-0.25, -0.2) is 14.3 Å². The van der Waals surface area contributed by atoms with Crippen LogP contribution >= 0.6 is 0 Å². The third-order valence-electron chi connectivity index (χ3n) is 5.50. The smallest absolute Gasteiger partial charge is 0.317 e. The standard InChI is InChI=1S/C23H26N8O2/c1-2-24-23(32)29-10-3-11-30-16-18(14-26-30)27-22-25-15-19-6-9-21(31(19)28-22)17-4-7-20(8-5-17)33-13-12-29/h4-9,14-16H,2-3,10-13H2,1H3,(H,24,32)(H,27,28). The number of ether oxygens (including phenoxy) is 1. The van der Waals surface area contributed by atoms with Crippen molar-refractivity contribution in [2.45, 2.75) is 19.9 Å².